The normalized spacial score (nSPS) is 19.3. The topological polar surface area (TPSA) is 94.5 Å². The van der Waals surface area contributed by atoms with E-state index in [0.29, 0.717) is 48.2 Å². The van der Waals surface area contributed by atoms with Crippen LogP contribution in [0.2, 0.25) is 0 Å². The fourth-order valence-corrected chi connectivity index (χ4v) is 3.93. The van der Waals surface area contributed by atoms with Crippen molar-refractivity contribution in [1.82, 2.24) is 4.90 Å². The van der Waals surface area contributed by atoms with Crippen molar-refractivity contribution in [3.05, 3.63) is 59.2 Å². The molecule has 1 atom stereocenters. The minimum absolute atomic E-state index is 0.0106. The number of hydrogen-bond acceptors (Lipinski definition) is 7. The summed E-state index contributed by atoms with van der Waals surface area (Å²) in [6.45, 7) is 3.63. The van der Waals surface area contributed by atoms with Gasteiger partial charge in [0.25, 0.3) is 11.7 Å². The number of hydrogen-bond donors (Lipinski definition) is 1. The first-order valence-corrected chi connectivity index (χ1v) is 10.4. The molecule has 1 amide bonds. The molecule has 0 radical (unpaired) electrons. The van der Waals surface area contributed by atoms with E-state index in [9.17, 15) is 14.7 Å². The maximum atomic E-state index is 13.0. The Morgan fingerprint density at radius 3 is 2.66 bits per heavy atom. The molecule has 2 aliphatic rings. The van der Waals surface area contributed by atoms with Crippen LogP contribution in [0.5, 0.6) is 17.2 Å². The molecular formula is C24H25NO7. The van der Waals surface area contributed by atoms with Crippen LogP contribution in [0.15, 0.2) is 48.0 Å². The quantitative estimate of drug-likeness (QED) is 0.403. The molecule has 0 bridgehead atoms. The summed E-state index contributed by atoms with van der Waals surface area (Å²) in [6.07, 6.45) is 0. The molecule has 0 saturated carbocycles. The average Bonchev–Trinajstić information content (AvgIpc) is 3.07. The Morgan fingerprint density at radius 1 is 1.12 bits per heavy atom. The number of aliphatic hydroxyl groups excluding tert-OH is 1. The highest BCUT2D eigenvalue weighted by Gasteiger charge is 2.46. The number of fused-ring (bicyclic) bond motifs is 1. The van der Waals surface area contributed by atoms with E-state index < -0.39 is 17.7 Å². The Balaban J connectivity index is 1.82. The SMILES string of the molecule is CCOc1cccc(C2/C(=C(/O)c3ccc4c(c3)OCCO4)C(=O)C(=O)N2CCOC)c1. The van der Waals surface area contributed by atoms with Gasteiger partial charge in [0.1, 0.15) is 24.7 Å². The van der Waals surface area contributed by atoms with Gasteiger partial charge in [-0.05, 0) is 42.8 Å². The number of nitrogens with zero attached hydrogens (tertiary/aromatic N) is 1. The van der Waals surface area contributed by atoms with Crippen LogP contribution in [-0.4, -0.2) is 61.8 Å². The van der Waals surface area contributed by atoms with Crippen LogP contribution < -0.4 is 14.2 Å². The minimum Gasteiger partial charge on any atom is -0.507 e. The first-order valence-electron chi connectivity index (χ1n) is 10.4. The number of ether oxygens (including phenoxy) is 4. The minimum atomic E-state index is -0.779. The molecule has 1 saturated heterocycles. The Bertz CT molecular complexity index is 1060. The summed E-state index contributed by atoms with van der Waals surface area (Å²) in [5.74, 6) is -0.0555. The van der Waals surface area contributed by atoms with E-state index in [1.165, 1.54) is 12.0 Å². The van der Waals surface area contributed by atoms with Crippen molar-refractivity contribution in [2.24, 2.45) is 0 Å². The van der Waals surface area contributed by atoms with Crippen LogP contribution in [0.4, 0.5) is 0 Å². The van der Waals surface area contributed by atoms with Gasteiger partial charge in [-0.1, -0.05) is 12.1 Å². The highest BCUT2D eigenvalue weighted by atomic mass is 16.6. The number of methoxy groups -OCH3 is 1. The van der Waals surface area contributed by atoms with Gasteiger partial charge < -0.3 is 29.0 Å². The number of aliphatic hydroxyl groups is 1. The summed E-state index contributed by atoms with van der Waals surface area (Å²) in [6, 6.07) is 11.3. The Morgan fingerprint density at radius 2 is 1.91 bits per heavy atom. The standard InChI is InChI=1S/C24H25NO7/c1-3-30-17-6-4-5-15(13-17)21-20(23(27)24(28)25(21)9-10-29-2)22(26)16-7-8-18-19(14-16)32-12-11-31-18/h4-8,13-14,21,26H,3,9-12H2,1-2H3/b22-20-. The van der Waals surface area contributed by atoms with Crippen LogP contribution in [0.3, 0.4) is 0 Å². The Labute approximate surface area is 185 Å². The van der Waals surface area contributed by atoms with Crippen molar-refractivity contribution < 1.29 is 33.6 Å². The van der Waals surface area contributed by atoms with Crippen molar-refractivity contribution in [3.8, 4) is 17.2 Å². The van der Waals surface area contributed by atoms with E-state index in [4.69, 9.17) is 18.9 Å². The summed E-state index contributed by atoms with van der Waals surface area (Å²) in [4.78, 5) is 27.3. The second-order valence-electron chi connectivity index (χ2n) is 7.35. The smallest absolute Gasteiger partial charge is 0.295 e. The van der Waals surface area contributed by atoms with Gasteiger partial charge in [0.05, 0.1) is 24.8 Å². The van der Waals surface area contributed by atoms with E-state index in [-0.39, 0.29) is 24.5 Å². The predicted octanol–water partition coefficient (Wildman–Crippen LogP) is 2.92. The molecular weight excluding hydrogens is 414 g/mol. The van der Waals surface area contributed by atoms with E-state index in [2.05, 4.69) is 0 Å². The predicted molar refractivity (Wildman–Crippen MR) is 116 cm³/mol. The molecule has 8 nitrogen and oxygen atoms in total. The number of rotatable bonds is 7. The lowest BCUT2D eigenvalue weighted by Gasteiger charge is -2.25. The second kappa shape index (κ2) is 9.32. The number of Topliss-reactive ketones (excluding diaryl/α,β-unsaturated/α-hetero) is 1. The van der Waals surface area contributed by atoms with Gasteiger partial charge in [-0.3, -0.25) is 9.59 Å². The average molecular weight is 439 g/mol. The van der Waals surface area contributed by atoms with E-state index in [0.717, 1.165) is 0 Å². The lowest BCUT2D eigenvalue weighted by molar-refractivity contribution is -0.140. The molecule has 8 heteroatoms. The lowest BCUT2D eigenvalue weighted by Crippen LogP contribution is -2.32. The van der Waals surface area contributed by atoms with Crippen molar-refractivity contribution in [3.63, 3.8) is 0 Å². The molecule has 168 valence electrons. The fourth-order valence-electron chi connectivity index (χ4n) is 3.93. The van der Waals surface area contributed by atoms with Gasteiger partial charge >= 0.3 is 0 Å². The summed E-state index contributed by atoms with van der Waals surface area (Å²) in [5, 5.41) is 11.2. The van der Waals surface area contributed by atoms with Gasteiger partial charge in [0, 0.05) is 19.2 Å². The van der Waals surface area contributed by atoms with Gasteiger partial charge in [-0.15, -0.1) is 0 Å². The number of carbonyl (C=O) groups excluding carboxylic acids is 2. The molecule has 2 heterocycles. The molecule has 32 heavy (non-hydrogen) atoms. The maximum Gasteiger partial charge on any atom is 0.295 e. The van der Waals surface area contributed by atoms with Crippen molar-refractivity contribution in [1.29, 1.82) is 0 Å². The number of ketones is 1. The van der Waals surface area contributed by atoms with Crippen LogP contribution in [0.1, 0.15) is 24.1 Å². The summed E-state index contributed by atoms with van der Waals surface area (Å²) < 4.78 is 21.9. The zero-order valence-corrected chi connectivity index (χ0v) is 18.0. The van der Waals surface area contributed by atoms with Crippen LogP contribution in [-0.2, 0) is 14.3 Å². The van der Waals surface area contributed by atoms with Crippen LogP contribution in [0.25, 0.3) is 5.76 Å². The van der Waals surface area contributed by atoms with Crippen molar-refractivity contribution in [2.45, 2.75) is 13.0 Å². The number of likely N-dealkylation sites (tertiary alicyclic amines) is 1. The summed E-state index contributed by atoms with van der Waals surface area (Å²) >= 11 is 0. The Kier molecular flexibility index (Phi) is 6.32. The highest BCUT2D eigenvalue weighted by Crippen LogP contribution is 2.41. The third kappa shape index (κ3) is 4.01. The molecule has 1 fully saturated rings. The maximum absolute atomic E-state index is 13.0. The molecule has 2 aromatic carbocycles. The molecule has 0 spiro atoms. The Hall–Kier alpha value is -3.52. The molecule has 4 rings (SSSR count). The van der Waals surface area contributed by atoms with Gasteiger partial charge in [0.15, 0.2) is 11.5 Å². The first kappa shape index (κ1) is 21.7. The monoisotopic (exact) mass is 439 g/mol. The molecule has 1 unspecified atom stereocenters. The third-order valence-electron chi connectivity index (χ3n) is 5.38. The van der Waals surface area contributed by atoms with Crippen LogP contribution >= 0.6 is 0 Å². The molecule has 1 N–H and O–H groups in total. The fraction of sp³-hybridized carbons (Fsp3) is 0.333. The summed E-state index contributed by atoms with van der Waals surface area (Å²) in [5.41, 5.74) is 1.03. The lowest BCUT2D eigenvalue weighted by atomic mass is 9.95. The first-order chi connectivity index (χ1) is 15.5. The summed E-state index contributed by atoms with van der Waals surface area (Å²) in [7, 11) is 1.52. The van der Waals surface area contributed by atoms with Crippen molar-refractivity contribution in [2.75, 3.05) is 40.1 Å². The number of carbonyl (C=O) groups is 2. The third-order valence-corrected chi connectivity index (χ3v) is 5.38. The molecule has 2 aromatic rings. The molecule has 2 aliphatic heterocycles. The van der Waals surface area contributed by atoms with E-state index in [1.807, 2.05) is 6.92 Å². The van der Waals surface area contributed by atoms with Gasteiger partial charge in [-0.2, -0.15) is 0 Å². The van der Waals surface area contributed by atoms with Gasteiger partial charge in [-0.25, -0.2) is 0 Å². The zero-order valence-electron chi connectivity index (χ0n) is 18.0. The van der Waals surface area contributed by atoms with Crippen LogP contribution in [0, 0.1) is 0 Å². The van der Waals surface area contributed by atoms with Gasteiger partial charge in [0.2, 0.25) is 0 Å². The second-order valence-corrected chi connectivity index (χ2v) is 7.35. The van der Waals surface area contributed by atoms with E-state index in [1.54, 1.807) is 42.5 Å². The highest BCUT2D eigenvalue weighted by molar-refractivity contribution is 6.46. The zero-order chi connectivity index (χ0) is 22.7. The van der Waals surface area contributed by atoms with Crippen molar-refractivity contribution >= 4 is 17.4 Å². The largest absolute Gasteiger partial charge is 0.507 e. The number of amides is 1. The van der Waals surface area contributed by atoms with E-state index >= 15 is 0 Å². The molecule has 0 aliphatic carbocycles. The number of benzene rings is 2. The molecule has 0 aromatic heterocycles.